The van der Waals surface area contributed by atoms with Crippen molar-refractivity contribution in [3.05, 3.63) is 47.1 Å². The number of aliphatic hydroxyl groups excluding tert-OH is 1. The molecule has 0 amide bonds. The van der Waals surface area contributed by atoms with E-state index in [2.05, 4.69) is 15.3 Å². The number of halogens is 1. The van der Waals surface area contributed by atoms with Crippen LogP contribution in [0.4, 0.5) is 5.82 Å². The number of rotatable bonds is 5. The molecule has 1 unspecified atom stereocenters. The molecule has 1 aromatic carbocycles. The van der Waals surface area contributed by atoms with E-state index in [-0.39, 0.29) is 12.6 Å². The summed E-state index contributed by atoms with van der Waals surface area (Å²) in [5.41, 5.74) is 0.223. The second kappa shape index (κ2) is 6.07. The van der Waals surface area contributed by atoms with E-state index < -0.39 is 5.54 Å². The zero-order valence-corrected chi connectivity index (χ0v) is 12.1. The van der Waals surface area contributed by atoms with Gasteiger partial charge in [0.25, 0.3) is 0 Å². The number of ether oxygens (including phenoxy) is 1. The number of aliphatic hydroxyl groups is 1. The molecule has 6 heteroatoms. The number of hydrogen-bond donors (Lipinski definition) is 2. The Morgan fingerprint density at radius 1 is 1.35 bits per heavy atom. The molecule has 0 spiro atoms. The fraction of sp³-hybridized carbons (Fsp3) is 0.286. The maximum absolute atomic E-state index is 9.74. The van der Waals surface area contributed by atoms with Gasteiger partial charge in [0, 0.05) is 0 Å². The largest absolute Gasteiger partial charge is 0.467 e. The van der Waals surface area contributed by atoms with Crippen LogP contribution in [0, 0.1) is 0 Å². The van der Waals surface area contributed by atoms with Crippen LogP contribution >= 0.6 is 11.6 Å². The van der Waals surface area contributed by atoms with Gasteiger partial charge in [-0.25, -0.2) is 4.98 Å². The van der Waals surface area contributed by atoms with Crippen molar-refractivity contribution in [2.75, 3.05) is 19.0 Å². The van der Waals surface area contributed by atoms with Gasteiger partial charge in [-0.15, -0.1) is 0 Å². The van der Waals surface area contributed by atoms with Crippen molar-refractivity contribution in [3.8, 4) is 6.01 Å². The van der Waals surface area contributed by atoms with Gasteiger partial charge in [-0.05, 0) is 12.5 Å². The molecule has 1 atom stereocenters. The zero-order valence-electron chi connectivity index (χ0n) is 11.3. The molecule has 106 valence electrons. The van der Waals surface area contributed by atoms with Crippen LogP contribution in [0.1, 0.15) is 12.5 Å². The molecule has 0 saturated carbocycles. The highest BCUT2D eigenvalue weighted by molar-refractivity contribution is 6.32. The monoisotopic (exact) mass is 293 g/mol. The average molecular weight is 294 g/mol. The molecule has 0 aliphatic carbocycles. The van der Waals surface area contributed by atoms with Crippen molar-refractivity contribution in [1.82, 2.24) is 9.97 Å². The number of nitrogens with one attached hydrogen (secondary N) is 1. The van der Waals surface area contributed by atoms with Crippen LogP contribution in [0.2, 0.25) is 5.02 Å². The summed E-state index contributed by atoms with van der Waals surface area (Å²) >= 11 is 6.08. The second-order valence-electron chi connectivity index (χ2n) is 4.53. The summed E-state index contributed by atoms with van der Waals surface area (Å²) in [4.78, 5) is 8.08. The number of aromatic nitrogens is 2. The first kappa shape index (κ1) is 14.6. The number of nitrogens with zero attached hydrogens (tertiary/aromatic N) is 2. The van der Waals surface area contributed by atoms with Crippen LogP contribution < -0.4 is 10.1 Å². The quantitative estimate of drug-likeness (QED) is 0.886. The molecular weight excluding hydrogens is 278 g/mol. The van der Waals surface area contributed by atoms with E-state index in [0.717, 1.165) is 5.56 Å². The lowest BCUT2D eigenvalue weighted by Gasteiger charge is -2.30. The summed E-state index contributed by atoms with van der Waals surface area (Å²) in [6.07, 6.45) is 1.46. The van der Waals surface area contributed by atoms with Gasteiger partial charge in [0.15, 0.2) is 5.82 Å². The van der Waals surface area contributed by atoms with E-state index in [0.29, 0.717) is 10.8 Å². The molecule has 2 aromatic rings. The van der Waals surface area contributed by atoms with Gasteiger partial charge in [-0.3, -0.25) is 0 Å². The smallest absolute Gasteiger partial charge is 0.318 e. The van der Waals surface area contributed by atoms with Gasteiger partial charge >= 0.3 is 6.01 Å². The molecule has 2 rings (SSSR count). The summed E-state index contributed by atoms with van der Waals surface area (Å²) in [6, 6.07) is 9.80. The standard InChI is InChI=1S/C14H16ClN3O2/c1-14(9-19,10-6-4-3-5-7-10)18-12-11(15)8-16-13(17-12)20-2/h3-8,19H,9H2,1-2H3,(H,16,17,18). The van der Waals surface area contributed by atoms with E-state index in [9.17, 15) is 5.11 Å². The van der Waals surface area contributed by atoms with E-state index in [1.165, 1.54) is 13.3 Å². The first-order valence-electron chi connectivity index (χ1n) is 6.10. The minimum Gasteiger partial charge on any atom is -0.467 e. The van der Waals surface area contributed by atoms with Gasteiger partial charge < -0.3 is 15.2 Å². The van der Waals surface area contributed by atoms with Crippen LogP contribution in [-0.2, 0) is 5.54 Å². The molecule has 1 heterocycles. The maximum atomic E-state index is 9.74. The molecule has 0 aliphatic heterocycles. The molecule has 0 saturated heterocycles. The van der Waals surface area contributed by atoms with E-state index >= 15 is 0 Å². The molecule has 20 heavy (non-hydrogen) atoms. The van der Waals surface area contributed by atoms with Crippen LogP contribution in [0.5, 0.6) is 6.01 Å². The minimum atomic E-state index is -0.704. The Hall–Kier alpha value is -1.85. The third-order valence-electron chi connectivity index (χ3n) is 3.03. The summed E-state index contributed by atoms with van der Waals surface area (Å²) in [6.45, 7) is 1.76. The molecule has 1 aromatic heterocycles. The molecular formula is C14H16ClN3O2. The fourth-order valence-corrected chi connectivity index (χ4v) is 1.95. The van der Waals surface area contributed by atoms with Crippen molar-refractivity contribution < 1.29 is 9.84 Å². The highest BCUT2D eigenvalue weighted by atomic mass is 35.5. The lowest BCUT2D eigenvalue weighted by molar-refractivity contribution is 0.223. The van der Waals surface area contributed by atoms with Crippen molar-refractivity contribution in [2.45, 2.75) is 12.5 Å². The Morgan fingerprint density at radius 2 is 2.05 bits per heavy atom. The predicted octanol–water partition coefficient (Wildman–Crippen LogP) is 2.46. The van der Waals surface area contributed by atoms with Crippen molar-refractivity contribution in [3.63, 3.8) is 0 Å². The summed E-state index contributed by atoms with van der Waals surface area (Å²) < 4.78 is 4.98. The Bertz CT molecular complexity index is 580. The van der Waals surface area contributed by atoms with Crippen LogP contribution in [0.15, 0.2) is 36.5 Å². The van der Waals surface area contributed by atoms with E-state index in [4.69, 9.17) is 16.3 Å². The number of benzene rings is 1. The Labute approximate surface area is 122 Å². The highest BCUT2D eigenvalue weighted by Crippen LogP contribution is 2.29. The summed E-state index contributed by atoms with van der Waals surface area (Å²) in [7, 11) is 1.48. The van der Waals surface area contributed by atoms with E-state index in [1.54, 1.807) is 0 Å². The number of hydrogen-bond acceptors (Lipinski definition) is 5. The molecule has 0 aliphatic rings. The van der Waals surface area contributed by atoms with Gasteiger partial charge in [0.1, 0.15) is 5.02 Å². The highest BCUT2D eigenvalue weighted by Gasteiger charge is 2.27. The van der Waals surface area contributed by atoms with Crippen molar-refractivity contribution in [1.29, 1.82) is 0 Å². The maximum Gasteiger partial charge on any atom is 0.318 e. The third-order valence-corrected chi connectivity index (χ3v) is 3.30. The number of anilines is 1. The SMILES string of the molecule is COc1ncc(Cl)c(NC(C)(CO)c2ccccc2)n1. The summed E-state index contributed by atoms with van der Waals surface area (Å²) in [5.74, 6) is 0.416. The van der Waals surface area contributed by atoms with Crippen molar-refractivity contribution in [2.24, 2.45) is 0 Å². The Kier molecular flexibility index (Phi) is 4.42. The van der Waals surface area contributed by atoms with E-state index in [1.807, 2.05) is 37.3 Å². The average Bonchev–Trinajstić information content (AvgIpc) is 2.50. The second-order valence-corrected chi connectivity index (χ2v) is 4.94. The first-order chi connectivity index (χ1) is 9.59. The molecule has 5 nitrogen and oxygen atoms in total. The topological polar surface area (TPSA) is 67.3 Å². The fourth-order valence-electron chi connectivity index (χ4n) is 1.81. The lowest BCUT2D eigenvalue weighted by atomic mass is 9.93. The molecule has 2 N–H and O–H groups in total. The van der Waals surface area contributed by atoms with Gasteiger partial charge in [-0.2, -0.15) is 4.98 Å². The van der Waals surface area contributed by atoms with Crippen LogP contribution in [0.25, 0.3) is 0 Å². The third kappa shape index (κ3) is 3.00. The number of methoxy groups -OCH3 is 1. The van der Waals surface area contributed by atoms with Gasteiger partial charge in [0.05, 0.1) is 25.5 Å². The van der Waals surface area contributed by atoms with Crippen LogP contribution in [0.3, 0.4) is 0 Å². The van der Waals surface area contributed by atoms with Crippen molar-refractivity contribution >= 4 is 17.4 Å². The van der Waals surface area contributed by atoms with Gasteiger partial charge in [0.2, 0.25) is 0 Å². The zero-order chi connectivity index (χ0) is 14.6. The molecule has 0 fully saturated rings. The first-order valence-corrected chi connectivity index (χ1v) is 6.48. The predicted molar refractivity (Wildman–Crippen MR) is 78.1 cm³/mol. The normalized spacial score (nSPS) is 13.6. The Morgan fingerprint density at radius 3 is 2.65 bits per heavy atom. The van der Waals surface area contributed by atoms with Gasteiger partial charge in [-0.1, -0.05) is 41.9 Å². The van der Waals surface area contributed by atoms with Crippen LogP contribution in [-0.4, -0.2) is 28.8 Å². The molecule has 0 bridgehead atoms. The minimum absolute atomic E-state index is 0.111. The lowest BCUT2D eigenvalue weighted by Crippen LogP contribution is -2.36. The summed E-state index contributed by atoms with van der Waals surface area (Å²) in [5, 5.41) is 13.3. The Balaban J connectivity index is 2.35. The molecule has 0 radical (unpaired) electrons.